The van der Waals surface area contributed by atoms with Crippen LogP contribution >= 0.6 is 0 Å². The fraction of sp³-hybridized carbons (Fsp3) is 0.429. The van der Waals surface area contributed by atoms with E-state index in [2.05, 4.69) is 15.2 Å². The Bertz CT molecular complexity index is 795. The van der Waals surface area contributed by atoms with Crippen molar-refractivity contribution in [2.75, 3.05) is 20.6 Å². The fourth-order valence-electron chi connectivity index (χ4n) is 3.11. The summed E-state index contributed by atoms with van der Waals surface area (Å²) in [6.07, 6.45) is -0.213. The molecule has 0 saturated heterocycles. The van der Waals surface area contributed by atoms with Gasteiger partial charge in [0, 0.05) is 12.2 Å². The first-order chi connectivity index (χ1) is 12.7. The Kier molecular flexibility index (Phi) is 6.80. The number of benzene rings is 1. The molecule has 6 nitrogen and oxygen atoms in total. The Morgan fingerprint density at radius 2 is 1.78 bits per heavy atom. The van der Waals surface area contributed by atoms with Crippen molar-refractivity contribution in [2.45, 2.75) is 39.8 Å². The average Bonchev–Trinajstić information content (AvgIpc) is 2.89. The number of esters is 1. The minimum absolute atomic E-state index is 0.0527. The summed E-state index contributed by atoms with van der Waals surface area (Å²) in [5.41, 5.74) is 3.20. The molecule has 146 valence electrons. The van der Waals surface area contributed by atoms with Crippen LogP contribution in [0.25, 0.3) is 0 Å². The van der Waals surface area contributed by atoms with Gasteiger partial charge in [-0.1, -0.05) is 30.3 Å². The van der Waals surface area contributed by atoms with E-state index in [0.717, 1.165) is 5.56 Å². The molecule has 2 rings (SSSR count). The number of rotatable bonds is 7. The van der Waals surface area contributed by atoms with Gasteiger partial charge in [0.05, 0.1) is 17.7 Å². The Morgan fingerprint density at radius 3 is 2.33 bits per heavy atom. The van der Waals surface area contributed by atoms with Gasteiger partial charge in [-0.3, -0.25) is 4.79 Å². The molecular weight excluding hydrogens is 342 g/mol. The Hall–Kier alpha value is -2.60. The lowest BCUT2D eigenvalue weighted by Crippen LogP contribution is -2.35. The van der Waals surface area contributed by atoms with E-state index in [4.69, 9.17) is 4.74 Å². The lowest BCUT2D eigenvalue weighted by Gasteiger charge is -2.25. The van der Waals surface area contributed by atoms with Gasteiger partial charge in [0.15, 0.2) is 0 Å². The average molecular weight is 371 g/mol. The number of hydrogen-bond acceptors (Lipinski definition) is 4. The third kappa shape index (κ3) is 4.98. The van der Waals surface area contributed by atoms with Crippen LogP contribution in [-0.2, 0) is 4.74 Å². The summed E-state index contributed by atoms with van der Waals surface area (Å²) in [6, 6.07) is 10.1. The van der Waals surface area contributed by atoms with Gasteiger partial charge in [0.2, 0.25) is 0 Å². The summed E-state index contributed by atoms with van der Waals surface area (Å²) >= 11 is 0. The Balaban J connectivity index is 2.15. The zero-order chi connectivity index (χ0) is 20.1. The molecule has 2 aromatic rings. The van der Waals surface area contributed by atoms with Crippen molar-refractivity contribution < 1.29 is 14.3 Å². The highest BCUT2D eigenvalue weighted by atomic mass is 16.5. The minimum Gasteiger partial charge on any atom is -0.459 e. The van der Waals surface area contributed by atoms with Crippen LogP contribution in [0.15, 0.2) is 30.3 Å². The van der Waals surface area contributed by atoms with E-state index >= 15 is 0 Å². The molecule has 0 radical (unpaired) electrons. The normalized spacial score (nSPS) is 12.3. The molecule has 1 amide bonds. The highest BCUT2D eigenvalue weighted by Gasteiger charge is 2.24. The molecule has 6 heteroatoms. The summed E-state index contributed by atoms with van der Waals surface area (Å²) < 4.78 is 5.28. The molecular formula is C21H29N3O3. The second-order valence-corrected chi connectivity index (χ2v) is 7.18. The molecule has 0 aliphatic rings. The van der Waals surface area contributed by atoms with Gasteiger partial charge in [-0.15, -0.1) is 0 Å². The number of amides is 1. The quantitative estimate of drug-likeness (QED) is 0.733. The first-order valence-electron chi connectivity index (χ1n) is 9.12. The number of aromatic amines is 1. The lowest BCUT2D eigenvalue weighted by molar-refractivity contribution is 0.0376. The molecule has 1 atom stereocenters. The second-order valence-electron chi connectivity index (χ2n) is 7.18. The number of aromatic nitrogens is 1. The van der Waals surface area contributed by atoms with E-state index in [1.54, 1.807) is 27.7 Å². The summed E-state index contributed by atoms with van der Waals surface area (Å²) in [6.45, 7) is 7.59. The number of H-pyrrole nitrogens is 1. The first kappa shape index (κ1) is 20.7. The molecule has 0 spiro atoms. The zero-order valence-corrected chi connectivity index (χ0v) is 16.9. The fourth-order valence-corrected chi connectivity index (χ4v) is 3.11. The number of nitrogens with zero attached hydrogens (tertiary/aromatic N) is 1. The monoisotopic (exact) mass is 371 g/mol. The maximum atomic E-state index is 12.7. The molecule has 1 heterocycles. The van der Waals surface area contributed by atoms with Crippen molar-refractivity contribution in [3.05, 3.63) is 58.4 Å². The highest BCUT2D eigenvalue weighted by molar-refractivity contribution is 6.00. The van der Waals surface area contributed by atoms with Crippen LogP contribution in [0.5, 0.6) is 0 Å². The summed E-state index contributed by atoms with van der Waals surface area (Å²) in [4.78, 5) is 30.1. The van der Waals surface area contributed by atoms with E-state index in [-0.39, 0.29) is 18.1 Å². The SMILES string of the molecule is Cc1[nH]c(C(=O)NCC(c2ccccc2)N(C)C)c(C)c1C(=O)OC(C)C. The number of hydrogen-bond donors (Lipinski definition) is 2. The number of carbonyl (C=O) groups is 2. The molecule has 27 heavy (non-hydrogen) atoms. The van der Waals surface area contributed by atoms with Gasteiger partial charge in [-0.25, -0.2) is 4.79 Å². The summed E-state index contributed by atoms with van der Waals surface area (Å²) in [5.74, 6) is -0.646. The second kappa shape index (κ2) is 8.86. The van der Waals surface area contributed by atoms with Crippen LogP contribution in [-0.4, -0.2) is 48.5 Å². The van der Waals surface area contributed by atoms with Crippen LogP contribution in [0, 0.1) is 13.8 Å². The van der Waals surface area contributed by atoms with Gasteiger partial charge >= 0.3 is 5.97 Å². The van der Waals surface area contributed by atoms with Crippen molar-refractivity contribution in [3.8, 4) is 0 Å². The van der Waals surface area contributed by atoms with E-state index < -0.39 is 5.97 Å². The number of ether oxygens (including phenoxy) is 1. The van der Waals surface area contributed by atoms with Crippen molar-refractivity contribution in [1.29, 1.82) is 0 Å². The standard InChI is InChI=1S/C21H29N3O3/c1-13(2)27-21(26)18-14(3)19(23-15(18)4)20(25)22-12-17(24(5)6)16-10-8-7-9-11-16/h7-11,13,17,23H,12H2,1-6H3,(H,22,25). The third-order valence-corrected chi connectivity index (χ3v) is 4.48. The zero-order valence-electron chi connectivity index (χ0n) is 16.9. The molecule has 2 N–H and O–H groups in total. The van der Waals surface area contributed by atoms with Gasteiger partial charge < -0.3 is 19.9 Å². The number of nitrogens with one attached hydrogen (secondary N) is 2. The molecule has 0 bridgehead atoms. The first-order valence-corrected chi connectivity index (χ1v) is 9.12. The van der Waals surface area contributed by atoms with Crippen molar-refractivity contribution in [2.24, 2.45) is 0 Å². The largest absolute Gasteiger partial charge is 0.459 e. The van der Waals surface area contributed by atoms with Crippen molar-refractivity contribution >= 4 is 11.9 Å². The molecule has 0 saturated carbocycles. The molecule has 1 unspecified atom stereocenters. The molecule has 1 aromatic carbocycles. The van der Waals surface area contributed by atoms with E-state index in [0.29, 0.717) is 29.1 Å². The maximum Gasteiger partial charge on any atom is 0.340 e. The summed E-state index contributed by atoms with van der Waals surface area (Å²) in [7, 11) is 3.96. The van der Waals surface area contributed by atoms with Gasteiger partial charge in [0.25, 0.3) is 5.91 Å². The van der Waals surface area contributed by atoms with Crippen molar-refractivity contribution in [1.82, 2.24) is 15.2 Å². The van der Waals surface area contributed by atoms with Crippen LogP contribution < -0.4 is 5.32 Å². The van der Waals surface area contributed by atoms with Crippen LogP contribution in [0.2, 0.25) is 0 Å². The van der Waals surface area contributed by atoms with Gasteiger partial charge in [-0.05, 0) is 52.9 Å². The van der Waals surface area contributed by atoms with Gasteiger partial charge in [0.1, 0.15) is 5.69 Å². The predicted octanol–water partition coefficient (Wildman–Crippen LogP) is 3.23. The van der Waals surface area contributed by atoms with Crippen LogP contribution in [0.3, 0.4) is 0 Å². The number of aryl methyl sites for hydroxylation is 1. The number of carbonyl (C=O) groups excluding carboxylic acids is 2. The summed E-state index contributed by atoms with van der Waals surface area (Å²) in [5, 5.41) is 2.98. The predicted molar refractivity (Wildman–Crippen MR) is 106 cm³/mol. The van der Waals surface area contributed by atoms with Crippen LogP contribution in [0.1, 0.15) is 57.6 Å². The minimum atomic E-state index is -0.411. The highest BCUT2D eigenvalue weighted by Crippen LogP contribution is 2.21. The van der Waals surface area contributed by atoms with Gasteiger partial charge in [-0.2, -0.15) is 0 Å². The van der Waals surface area contributed by atoms with E-state index in [9.17, 15) is 9.59 Å². The Labute approximate surface area is 160 Å². The molecule has 0 fully saturated rings. The molecule has 1 aromatic heterocycles. The molecule has 0 aliphatic carbocycles. The smallest absolute Gasteiger partial charge is 0.340 e. The maximum absolute atomic E-state index is 12.7. The van der Waals surface area contributed by atoms with E-state index in [1.165, 1.54) is 0 Å². The third-order valence-electron chi connectivity index (χ3n) is 4.48. The number of likely N-dealkylation sites (N-methyl/N-ethyl adjacent to an activating group) is 1. The molecule has 0 aliphatic heterocycles. The lowest BCUT2D eigenvalue weighted by atomic mass is 10.1. The Morgan fingerprint density at radius 1 is 1.15 bits per heavy atom. The van der Waals surface area contributed by atoms with E-state index in [1.807, 2.05) is 44.4 Å². The van der Waals surface area contributed by atoms with Crippen LogP contribution in [0.4, 0.5) is 0 Å². The van der Waals surface area contributed by atoms with Crippen molar-refractivity contribution in [3.63, 3.8) is 0 Å². The topological polar surface area (TPSA) is 74.4 Å².